The first kappa shape index (κ1) is 10.5. The van der Waals surface area contributed by atoms with Crippen LogP contribution in [0.4, 0.5) is 8.78 Å². The average molecular weight is 227 g/mol. The van der Waals surface area contributed by atoms with E-state index >= 15 is 0 Å². The maximum Gasteiger partial charge on any atom is 0.335 e. The van der Waals surface area contributed by atoms with Gasteiger partial charge in [0.15, 0.2) is 11.3 Å². The number of fused-ring (bicyclic) bond motifs is 1. The fourth-order valence-corrected chi connectivity index (χ4v) is 1.39. The topological polar surface area (TPSA) is 63.3 Å². The molecule has 0 saturated carbocycles. The van der Waals surface area contributed by atoms with Crippen molar-refractivity contribution >= 4 is 16.9 Å². The number of rotatable bonds is 2. The van der Waals surface area contributed by atoms with Gasteiger partial charge in [-0.3, -0.25) is 0 Å². The van der Waals surface area contributed by atoms with E-state index < -0.39 is 17.6 Å². The van der Waals surface area contributed by atoms with Gasteiger partial charge in [-0.1, -0.05) is 5.16 Å². The molecule has 0 unspecified atom stereocenters. The fraction of sp³-hybridized carbons (Fsp3) is 0.200. The van der Waals surface area contributed by atoms with Crippen molar-refractivity contribution in [3.05, 3.63) is 29.5 Å². The maximum atomic E-state index is 13.1. The van der Waals surface area contributed by atoms with E-state index in [1.165, 1.54) is 12.1 Å². The number of alkyl halides is 2. The third-order valence-corrected chi connectivity index (χ3v) is 2.13. The largest absolute Gasteiger partial charge is 0.478 e. The number of benzene rings is 1. The molecule has 2 aromatic rings. The summed E-state index contributed by atoms with van der Waals surface area (Å²) in [5, 5.41) is 12.0. The second-order valence-corrected chi connectivity index (χ2v) is 3.44. The molecule has 0 atom stereocenters. The molecule has 1 N–H and O–H groups in total. The van der Waals surface area contributed by atoms with E-state index in [2.05, 4.69) is 9.68 Å². The molecule has 0 radical (unpaired) electrons. The lowest BCUT2D eigenvalue weighted by atomic mass is 10.1. The van der Waals surface area contributed by atoms with Crippen LogP contribution in [0.5, 0.6) is 0 Å². The lowest BCUT2D eigenvalue weighted by Gasteiger charge is -2.05. The van der Waals surface area contributed by atoms with Crippen LogP contribution in [-0.4, -0.2) is 16.2 Å². The van der Waals surface area contributed by atoms with Gasteiger partial charge in [0.05, 0.1) is 10.9 Å². The van der Waals surface area contributed by atoms with Crippen molar-refractivity contribution < 1.29 is 23.2 Å². The van der Waals surface area contributed by atoms with E-state index in [0.717, 1.165) is 6.07 Å². The fourth-order valence-electron chi connectivity index (χ4n) is 1.39. The Hall–Kier alpha value is -1.98. The third-order valence-electron chi connectivity index (χ3n) is 2.13. The minimum atomic E-state index is -3.16. The van der Waals surface area contributed by atoms with E-state index in [-0.39, 0.29) is 16.5 Å². The van der Waals surface area contributed by atoms with Gasteiger partial charge in [-0.15, -0.1) is 0 Å². The standard InChI is InChI=1S/C10H7F2NO3/c1-10(11,12)8-6-4-5(9(14)15)2-3-7(6)16-13-8/h2-4H,1H3,(H,14,15). The second kappa shape index (κ2) is 3.26. The lowest BCUT2D eigenvalue weighted by molar-refractivity contribution is 0.0112. The summed E-state index contributed by atoms with van der Waals surface area (Å²) in [4.78, 5) is 10.7. The maximum absolute atomic E-state index is 13.1. The van der Waals surface area contributed by atoms with E-state index in [1.807, 2.05) is 0 Å². The molecule has 4 nitrogen and oxygen atoms in total. The first-order valence-electron chi connectivity index (χ1n) is 4.40. The Labute approximate surface area is 88.5 Å². The minimum Gasteiger partial charge on any atom is -0.478 e. The Morgan fingerprint density at radius 3 is 2.75 bits per heavy atom. The molecule has 0 saturated heterocycles. The molecule has 0 aliphatic rings. The molecule has 6 heteroatoms. The Kier molecular flexibility index (Phi) is 2.15. The van der Waals surface area contributed by atoms with Gasteiger partial charge >= 0.3 is 5.97 Å². The zero-order valence-corrected chi connectivity index (χ0v) is 8.20. The number of halogens is 2. The van der Waals surface area contributed by atoms with Gasteiger partial charge in [-0.2, -0.15) is 8.78 Å². The van der Waals surface area contributed by atoms with Crippen LogP contribution in [0.2, 0.25) is 0 Å². The van der Waals surface area contributed by atoms with Gasteiger partial charge < -0.3 is 9.63 Å². The number of carboxylic acids is 1. The van der Waals surface area contributed by atoms with Gasteiger partial charge in [-0.25, -0.2) is 4.79 Å². The highest BCUT2D eigenvalue weighted by atomic mass is 19.3. The van der Waals surface area contributed by atoms with Crippen molar-refractivity contribution in [1.82, 2.24) is 5.16 Å². The molecule has 0 spiro atoms. The lowest BCUT2D eigenvalue weighted by Crippen LogP contribution is -2.08. The van der Waals surface area contributed by atoms with Crippen LogP contribution in [0.15, 0.2) is 22.7 Å². The normalized spacial score (nSPS) is 11.9. The molecule has 84 valence electrons. The van der Waals surface area contributed by atoms with Gasteiger partial charge in [0, 0.05) is 6.92 Å². The van der Waals surface area contributed by atoms with Crippen LogP contribution in [-0.2, 0) is 5.92 Å². The average Bonchev–Trinajstić information content (AvgIpc) is 2.58. The highest BCUT2D eigenvalue weighted by molar-refractivity contribution is 5.93. The molecular weight excluding hydrogens is 220 g/mol. The van der Waals surface area contributed by atoms with E-state index in [4.69, 9.17) is 5.11 Å². The molecule has 0 bridgehead atoms. The molecule has 1 heterocycles. The van der Waals surface area contributed by atoms with Crippen molar-refractivity contribution in [3.63, 3.8) is 0 Å². The van der Waals surface area contributed by atoms with Gasteiger partial charge in [0.25, 0.3) is 5.92 Å². The monoisotopic (exact) mass is 227 g/mol. The zero-order valence-electron chi connectivity index (χ0n) is 8.20. The number of aromatic nitrogens is 1. The number of hydrogen-bond acceptors (Lipinski definition) is 3. The predicted molar refractivity (Wildman–Crippen MR) is 50.5 cm³/mol. The summed E-state index contributed by atoms with van der Waals surface area (Å²) in [5.74, 6) is -4.35. The summed E-state index contributed by atoms with van der Waals surface area (Å²) in [6.07, 6.45) is 0. The number of nitrogens with zero attached hydrogens (tertiary/aromatic N) is 1. The number of carbonyl (C=O) groups is 1. The highest BCUT2D eigenvalue weighted by Gasteiger charge is 2.31. The first-order valence-corrected chi connectivity index (χ1v) is 4.40. The Balaban J connectivity index is 2.70. The molecule has 0 aliphatic carbocycles. The van der Waals surface area contributed by atoms with Crippen LogP contribution in [0.25, 0.3) is 11.0 Å². The van der Waals surface area contributed by atoms with Crippen molar-refractivity contribution in [3.8, 4) is 0 Å². The van der Waals surface area contributed by atoms with Crippen LogP contribution in [0.1, 0.15) is 23.0 Å². The van der Waals surface area contributed by atoms with Crippen LogP contribution in [0.3, 0.4) is 0 Å². The number of carboxylic acid groups (broad SMARTS) is 1. The van der Waals surface area contributed by atoms with E-state index in [0.29, 0.717) is 6.92 Å². The molecule has 0 aliphatic heterocycles. The van der Waals surface area contributed by atoms with E-state index in [1.54, 1.807) is 0 Å². The SMILES string of the molecule is CC(F)(F)c1noc2ccc(C(=O)O)cc12. The first-order chi connectivity index (χ1) is 7.39. The van der Waals surface area contributed by atoms with Crippen molar-refractivity contribution in [2.75, 3.05) is 0 Å². The van der Waals surface area contributed by atoms with Crippen molar-refractivity contribution in [2.24, 2.45) is 0 Å². The predicted octanol–water partition coefficient (Wildman–Crippen LogP) is 2.64. The molecule has 1 aromatic heterocycles. The molecular formula is C10H7F2NO3. The summed E-state index contributed by atoms with van der Waals surface area (Å²) in [7, 11) is 0. The zero-order chi connectivity index (χ0) is 11.9. The summed E-state index contributed by atoms with van der Waals surface area (Å²) in [6, 6.07) is 3.70. The summed E-state index contributed by atoms with van der Waals surface area (Å²) >= 11 is 0. The van der Waals surface area contributed by atoms with Gasteiger partial charge in [0.1, 0.15) is 0 Å². The molecule has 16 heavy (non-hydrogen) atoms. The molecule has 0 fully saturated rings. The minimum absolute atomic E-state index is 0.0207. The second-order valence-electron chi connectivity index (χ2n) is 3.44. The quantitative estimate of drug-likeness (QED) is 0.856. The highest BCUT2D eigenvalue weighted by Crippen LogP contribution is 2.32. The smallest absolute Gasteiger partial charge is 0.335 e. The summed E-state index contributed by atoms with van der Waals surface area (Å²) in [6.45, 7) is 0.678. The third kappa shape index (κ3) is 1.62. The van der Waals surface area contributed by atoms with Crippen LogP contribution < -0.4 is 0 Å². The summed E-state index contributed by atoms with van der Waals surface area (Å²) in [5.41, 5.74) is -0.492. The van der Waals surface area contributed by atoms with Crippen molar-refractivity contribution in [1.29, 1.82) is 0 Å². The Morgan fingerprint density at radius 1 is 1.50 bits per heavy atom. The Morgan fingerprint density at radius 2 is 2.19 bits per heavy atom. The van der Waals surface area contributed by atoms with Crippen molar-refractivity contribution in [2.45, 2.75) is 12.8 Å². The number of hydrogen-bond donors (Lipinski definition) is 1. The number of aromatic carboxylic acids is 1. The van der Waals surface area contributed by atoms with Crippen LogP contribution >= 0.6 is 0 Å². The van der Waals surface area contributed by atoms with Crippen LogP contribution in [0, 0.1) is 0 Å². The Bertz CT molecular complexity index is 557. The van der Waals surface area contributed by atoms with E-state index in [9.17, 15) is 13.6 Å². The van der Waals surface area contributed by atoms with Gasteiger partial charge in [0.2, 0.25) is 0 Å². The van der Waals surface area contributed by atoms with Gasteiger partial charge in [-0.05, 0) is 18.2 Å². The molecule has 2 rings (SSSR count). The summed E-state index contributed by atoms with van der Waals surface area (Å²) < 4.78 is 30.8. The molecule has 0 amide bonds. The molecule has 1 aromatic carbocycles.